The molecule has 0 aliphatic rings. The van der Waals surface area contributed by atoms with Gasteiger partial charge in [0.25, 0.3) is 5.91 Å². The number of carbonyl (C=O) groups excluding carboxylic acids is 1. The van der Waals surface area contributed by atoms with Crippen molar-refractivity contribution in [3.05, 3.63) is 64.5 Å². The molecule has 5 nitrogen and oxygen atoms in total. The molecule has 0 fully saturated rings. The van der Waals surface area contributed by atoms with Gasteiger partial charge in [-0.1, -0.05) is 41.2 Å². The lowest BCUT2D eigenvalue weighted by molar-refractivity contribution is -0.137. The number of rotatable bonds is 3. The number of carboxylic acid groups (broad SMARTS) is 1. The molecule has 0 unspecified atom stereocenters. The van der Waals surface area contributed by atoms with E-state index in [1.54, 1.807) is 22.8 Å². The smallest absolute Gasteiger partial charge is 0.323 e. The highest BCUT2D eigenvalue weighted by atomic mass is 32.1. The van der Waals surface area contributed by atoms with E-state index in [0.29, 0.717) is 10.4 Å². The number of hydrogen-bond acceptors (Lipinski definition) is 3. The van der Waals surface area contributed by atoms with Crippen molar-refractivity contribution < 1.29 is 14.7 Å². The second-order valence-electron chi connectivity index (χ2n) is 5.12. The molecule has 0 radical (unpaired) electrons. The topological polar surface area (TPSA) is 71.7 Å². The van der Waals surface area contributed by atoms with Gasteiger partial charge in [-0.15, -0.1) is 0 Å². The van der Waals surface area contributed by atoms with Gasteiger partial charge in [0.1, 0.15) is 6.54 Å². The van der Waals surface area contributed by atoms with Gasteiger partial charge in [0.15, 0.2) is 4.80 Å². The second-order valence-corrected chi connectivity index (χ2v) is 6.13. The van der Waals surface area contributed by atoms with Crippen molar-refractivity contribution in [2.75, 3.05) is 0 Å². The van der Waals surface area contributed by atoms with Crippen LogP contribution in [0.15, 0.2) is 53.5 Å². The highest BCUT2D eigenvalue weighted by Gasteiger charge is 2.11. The molecule has 1 heterocycles. The van der Waals surface area contributed by atoms with Crippen molar-refractivity contribution >= 4 is 33.4 Å². The summed E-state index contributed by atoms with van der Waals surface area (Å²) in [6, 6.07) is 14.6. The fourth-order valence-corrected chi connectivity index (χ4v) is 3.35. The number of fused-ring (bicyclic) bond motifs is 1. The van der Waals surface area contributed by atoms with Crippen molar-refractivity contribution in [1.29, 1.82) is 0 Å². The number of aromatic nitrogens is 1. The molecular formula is C17H14N2O3S. The van der Waals surface area contributed by atoms with Crippen LogP contribution in [-0.2, 0) is 11.3 Å². The number of carboxylic acids is 1. The maximum absolute atomic E-state index is 12.4. The van der Waals surface area contributed by atoms with Crippen LogP contribution in [0, 0.1) is 6.92 Å². The lowest BCUT2D eigenvalue weighted by Gasteiger charge is -2.01. The fourth-order valence-electron chi connectivity index (χ4n) is 2.32. The number of hydrogen-bond donors (Lipinski definition) is 1. The lowest BCUT2D eigenvalue weighted by Crippen LogP contribution is -2.21. The lowest BCUT2D eigenvalue weighted by atomic mass is 10.1. The summed E-state index contributed by atoms with van der Waals surface area (Å²) in [5, 5.41) is 9.11. The van der Waals surface area contributed by atoms with Gasteiger partial charge < -0.3 is 9.67 Å². The number of amides is 1. The molecule has 2 aromatic carbocycles. The normalized spacial score (nSPS) is 11.8. The van der Waals surface area contributed by atoms with E-state index >= 15 is 0 Å². The molecule has 0 bridgehead atoms. The predicted molar refractivity (Wildman–Crippen MR) is 88.5 cm³/mol. The molecule has 0 atom stereocenters. The number of para-hydroxylation sites is 1. The van der Waals surface area contributed by atoms with E-state index in [1.165, 1.54) is 11.3 Å². The SMILES string of the molecule is Cc1cccc(C(=O)/N=c2\sc3ccccc3n2CC(=O)O)c1. The van der Waals surface area contributed by atoms with E-state index in [2.05, 4.69) is 4.99 Å². The van der Waals surface area contributed by atoms with Crippen molar-refractivity contribution in [3.8, 4) is 0 Å². The van der Waals surface area contributed by atoms with Gasteiger partial charge in [-0.3, -0.25) is 9.59 Å². The van der Waals surface area contributed by atoms with Gasteiger partial charge >= 0.3 is 5.97 Å². The molecule has 3 rings (SSSR count). The Morgan fingerprint density at radius 2 is 1.96 bits per heavy atom. The third-order valence-corrected chi connectivity index (χ3v) is 4.40. The maximum Gasteiger partial charge on any atom is 0.323 e. The first kappa shape index (κ1) is 15.2. The van der Waals surface area contributed by atoms with Crippen LogP contribution in [-0.4, -0.2) is 21.6 Å². The number of benzene rings is 2. The summed E-state index contributed by atoms with van der Waals surface area (Å²) in [6.45, 7) is 1.67. The molecule has 0 aliphatic heterocycles. The molecule has 0 saturated heterocycles. The number of nitrogens with zero attached hydrogens (tertiary/aromatic N) is 2. The molecule has 0 saturated carbocycles. The standard InChI is InChI=1S/C17H14N2O3S/c1-11-5-4-6-12(9-11)16(22)18-17-19(10-15(20)21)13-7-2-3-8-14(13)23-17/h2-9H,10H2,1H3,(H,20,21)/b18-17-. The Morgan fingerprint density at radius 3 is 2.70 bits per heavy atom. The summed E-state index contributed by atoms with van der Waals surface area (Å²) in [4.78, 5) is 28.0. The summed E-state index contributed by atoms with van der Waals surface area (Å²) in [7, 11) is 0. The Hall–Kier alpha value is -2.73. The molecule has 1 aromatic heterocycles. The van der Waals surface area contributed by atoms with Crippen LogP contribution in [0.25, 0.3) is 10.2 Å². The zero-order valence-corrected chi connectivity index (χ0v) is 13.2. The van der Waals surface area contributed by atoms with Crippen molar-refractivity contribution in [1.82, 2.24) is 4.57 Å². The van der Waals surface area contributed by atoms with Crippen molar-refractivity contribution in [2.24, 2.45) is 4.99 Å². The highest BCUT2D eigenvalue weighted by molar-refractivity contribution is 7.16. The summed E-state index contributed by atoms with van der Waals surface area (Å²) in [5.74, 6) is -1.35. The molecule has 1 amide bonds. The van der Waals surface area contributed by atoms with Crippen LogP contribution in [0.5, 0.6) is 0 Å². The third-order valence-electron chi connectivity index (χ3n) is 3.34. The summed E-state index contributed by atoms with van der Waals surface area (Å²) < 4.78 is 2.44. The fraction of sp³-hybridized carbons (Fsp3) is 0.118. The molecule has 23 heavy (non-hydrogen) atoms. The first-order chi connectivity index (χ1) is 11.0. The molecule has 116 valence electrons. The van der Waals surface area contributed by atoms with Crippen LogP contribution in [0.2, 0.25) is 0 Å². The number of aryl methyl sites for hydroxylation is 1. The number of thiazole rings is 1. The van der Waals surface area contributed by atoms with Gasteiger partial charge in [-0.25, -0.2) is 0 Å². The first-order valence-electron chi connectivity index (χ1n) is 7.00. The van der Waals surface area contributed by atoms with Crippen LogP contribution >= 0.6 is 11.3 Å². The zero-order chi connectivity index (χ0) is 16.4. The van der Waals surface area contributed by atoms with Crippen LogP contribution in [0.3, 0.4) is 0 Å². The minimum atomic E-state index is -0.974. The Morgan fingerprint density at radius 1 is 1.17 bits per heavy atom. The van der Waals surface area contributed by atoms with Crippen molar-refractivity contribution in [2.45, 2.75) is 13.5 Å². The van der Waals surface area contributed by atoms with Gasteiger partial charge in [0.05, 0.1) is 10.2 Å². The van der Waals surface area contributed by atoms with Crippen LogP contribution < -0.4 is 4.80 Å². The van der Waals surface area contributed by atoms with E-state index in [0.717, 1.165) is 15.8 Å². The largest absolute Gasteiger partial charge is 0.480 e. The average Bonchev–Trinajstić information content (AvgIpc) is 2.84. The van der Waals surface area contributed by atoms with E-state index in [9.17, 15) is 9.59 Å². The maximum atomic E-state index is 12.4. The van der Waals surface area contributed by atoms with Gasteiger partial charge in [-0.05, 0) is 31.2 Å². The van der Waals surface area contributed by atoms with E-state index in [1.807, 2.05) is 37.3 Å². The third kappa shape index (κ3) is 3.22. The van der Waals surface area contributed by atoms with Gasteiger partial charge in [0, 0.05) is 5.56 Å². The van der Waals surface area contributed by atoms with Crippen LogP contribution in [0.4, 0.5) is 0 Å². The Bertz CT molecular complexity index is 969. The molecule has 6 heteroatoms. The Balaban J connectivity index is 2.14. The van der Waals surface area contributed by atoms with E-state index < -0.39 is 5.97 Å². The first-order valence-corrected chi connectivity index (χ1v) is 7.82. The number of aliphatic carboxylic acids is 1. The summed E-state index contributed by atoms with van der Waals surface area (Å²) >= 11 is 1.31. The van der Waals surface area contributed by atoms with E-state index in [-0.39, 0.29) is 12.5 Å². The van der Waals surface area contributed by atoms with Gasteiger partial charge in [-0.2, -0.15) is 4.99 Å². The monoisotopic (exact) mass is 326 g/mol. The Kier molecular flexibility index (Phi) is 4.08. The molecule has 1 N–H and O–H groups in total. The zero-order valence-electron chi connectivity index (χ0n) is 12.4. The minimum Gasteiger partial charge on any atom is -0.480 e. The average molecular weight is 326 g/mol. The molecule has 3 aromatic rings. The van der Waals surface area contributed by atoms with Crippen molar-refractivity contribution in [3.63, 3.8) is 0 Å². The molecule has 0 aliphatic carbocycles. The number of carbonyl (C=O) groups is 2. The minimum absolute atomic E-state index is 0.232. The summed E-state index contributed by atoms with van der Waals surface area (Å²) in [6.07, 6.45) is 0. The van der Waals surface area contributed by atoms with E-state index in [4.69, 9.17) is 5.11 Å². The quantitative estimate of drug-likeness (QED) is 0.804. The molecular weight excluding hydrogens is 312 g/mol. The molecule has 0 spiro atoms. The second kappa shape index (κ2) is 6.18. The van der Waals surface area contributed by atoms with Gasteiger partial charge in [0.2, 0.25) is 0 Å². The van der Waals surface area contributed by atoms with Crippen LogP contribution in [0.1, 0.15) is 15.9 Å². The highest BCUT2D eigenvalue weighted by Crippen LogP contribution is 2.17. The summed E-state index contributed by atoms with van der Waals surface area (Å²) in [5.41, 5.74) is 2.22. The Labute approximate surface area is 136 Å². The predicted octanol–water partition coefficient (Wildman–Crippen LogP) is 2.84.